The molecule has 6 heteroatoms. The summed E-state index contributed by atoms with van der Waals surface area (Å²) in [6.45, 7) is 2.59. The van der Waals surface area contributed by atoms with Crippen LogP contribution in [0, 0.1) is 0 Å². The molecule has 0 unspecified atom stereocenters. The van der Waals surface area contributed by atoms with Gasteiger partial charge in [-0.05, 0) is 18.1 Å². The summed E-state index contributed by atoms with van der Waals surface area (Å²) in [6, 6.07) is 7.98. The van der Waals surface area contributed by atoms with Gasteiger partial charge in [-0.15, -0.1) is 0 Å². The lowest BCUT2D eigenvalue weighted by molar-refractivity contribution is 0.0701. The van der Waals surface area contributed by atoms with Crippen molar-refractivity contribution in [2.45, 2.75) is 19.9 Å². The third-order valence-corrected chi connectivity index (χ3v) is 4.88. The molecule has 4 nitrogen and oxygen atoms in total. The minimum atomic E-state index is -0.903. The van der Waals surface area contributed by atoms with Crippen molar-refractivity contribution in [3.05, 3.63) is 44.9 Å². The van der Waals surface area contributed by atoms with Gasteiger partial charge >= 0.3 is 5.97 Å². The van der Waals surface area contributed by atoms with Gasteiger partial charge in [-0.2, -0.15) is 0 Å². The molecule has 0 atom stereocenters. The van der Waals surface area contributed by atoms with Crippen LogP contribution in [0.1, 0.15) is 27.9 Å². The highest BCUT2D eigenvalue weighted by molar-refractivity contribution is 9.10. The molecule has 0 fully saturated rings. The highest BCUT2D eigenvalue weighted by atomic mass is 79.9. The number of aromatic nitrogens is 1. The van der Waals surface area contributed by atoms with Crippen molar-refractivity contribution in [3.63, 3.8) is 0 Å². The van der Waals surface area contributed by atoms with Gasteiger partial charge in [-0.25, -0.2) is 9.78 Å². The van der Waals surface area contributed by atoms with Crippen LogP contribution in [0.4, 0.5) is 5.13 Å². The van der Waals surface area contributed by atoms with E-state index in [4.69, 9.17) is 0 Å². The predicted octanol–water partition coefficient (Wildman–Crippen LogP) is 3.80. The lowest BCUT2D eigenvalue weighted by atomic mass is 10.2. The molecule has 1 aromatic carbocycles. The topological polar surface area (TPSA) is 53.4 Å². The van der Waals surface area contributed by atoms with Crippen molar-refractivity contribution in [3.8, 4) is 0 Å². The third kappa shape index (κ3) is 3.19. The number of hydrogen-bond acceptors (Lipinski definition) is 4. The Bertz CT molecular complexity index is 627. The maximum atomic E-state index is 11.2. The maximum absolute atomic E-state index is 11.2. The lowest BCUT2D eigenvalue weighted by Gasteiger charge is -2.16. The minimum Gasteiger partial charge on any atom is -0.477 e. The van der Waals surface area contributed by atoms with Crippen molar-refractivity contribution < 1.29 is 9.90 Å². The van der Waals surface area contributed by atoms with E-state index in [1.807, 2.05) is 43.1 Å². The first-order valence-electron chi connectivity index (χ1n) is 6.20. The van der Waals surface area contributed by atoms with Gasteiger partial charge in [0.25, 0.3) is 0 Å². The van der Waals surface area contributed by atoms with E-state index in [9.17, 15) is 9.90 Å². The van der Waals surface area contributed by atoms with Gasteiger partial charge in [0.05, 0.1) is 5.69 Å². The standard InChI is InChI=1S/C14H15BrN2O2S/c1-3-11-12(13(18)19)20-14(16-11)17(2)8-9-6-4-5-7-10(9)15/h4-7H,3,8H2,1-2H3,(H,18,19). The zero-order valence-electron chi connectivity index (χ0n) is 11.3. The number of thiazole rings is 1. The molecule has 1 N–H and O–H groups in total. The molecule has 0 aliphatic heterocycles. The summed E-state index contributed by atoms with van der Waals surface area (Å²) in [6.07, 6.45) is 0.626. The summed E-state index contributed by atoms with van der Waals surface area (Å²) >= 11 is 4.74. The van der Waals surface area contributed by atoms with Crippen molar-refractivity contribution in [2.75, 3.05) is 11.9 Å². The van der Waals surface area contributed by atoms with Crippen LogP contribution in [0.3, 0.4) is 0 Å². The first-order valence-corrected chi connectivity index (χ1v) is 7.81. The van der Waals surface area contributed by atoms with Gasteiger partial charge < -0.3 is 10.0 Å². The number of hydrogen-bond donors (Lipinski definition) is 1. The highest BCUT2D eigenvalue weighted by Crippen LogP contribution is 2.28. The average Bonchev–Trinajstić information content (AvgIpc) is 2.86. The van der Waals surface area contributed by atoms with Crippen molar-refractivity contribution in [1.82, 2.24) is 4.98 Å². The predicted molar refractivity (Wildman–Crippen MR) is 84.7 cm³/mol. The highest BCUT2D eigenvalue weighted by Gasteiger charge is 2.18. The molecule has 0 saturated heterocycles. The SMILES string of the molecule is CCc1nc(N(C)Cc2ccccc2Br)sc1C(=O)O. The number of carbonyl (C=O) groups is 1. The van der Waals surface area contributed by atoms with Gasteiger partial charge in [0, 0.05) is 18.1 Å². The van der Waals surface area contributed by atoms with Gasteiger partial charge in [0.2, 0.25) is 0 Å². The van der Waals surface area contributed by atoms with E-state index in [1.165, 1.54) is 11.3 Å². The van der Waals surface area contributed by atoms with E-state index in [1.54, 1.807) is 0 Å². The van der Waals surface area contributed by atoms with Crippen LogP contribution in [0.5, 0.6) is 0 Å². The number of benzene rings is 1. The Hall–Kier alpha value is -1.40. The Morgan fingerprint density at radius 2 is 2.15 bits per heavy atom. The van der Waals surface area contributed by atoms with E-state index in [2.05, 4.69) is 20.9 Å². The summed E-state index contributed by atoms with van der Waals surface area (Å²) in [5.74, 6) is -0.903. The summed E-state index contributed by atoms with van der Waals surface area (Å²) in [5.41, 5.74) is 1.79. The number of rotatable bonds is 5. The fourth-order valence-electron chi connectivity index (χ4n) is 1.86. The molecule has 2 rings (SSSR count). The van der Waals surface area contributed by atoms with Crippen LogP contribution < -0.4 is 4.90 Å². The summed E-state index contributed by atoms with van der Waals surface area (Å²) in [7, 11) is 1.92. The van der Waals surface area contributed by atoms with E-state index in [-0.39, 0.29) is 0 Å². The van der Waals surface area contributed by atoms with Crippen molar-refractivity contribution in [1.29, 1.82) is 0 Å². The molecule has 20 heavy (non-hydrogen) atoms. The molecule has 0 saturated carbocycles. The van der Waals surface area contributed by atoms with E-state index in [0.717, 1.165) is 15.2 Å². The molecule has 0 bridgehead atoms. The quantitative estimate of drug-likeness (QED) is 0.886. The Balaban J connectivity index is 2.23. The number of carboxylic acid groups (broad SMARTS) is 1. The second-order valence-electron chi connectivity index (χ2n) is 4.38. The molecule has 106 valence electrons. The molecular formula is C14H15BrN2O2S. The van der Waals surface area contributed by atoms with Crippen LogP contribution in [0.2, 0.25) is 0 Å². The van der Waals surface area contributed by atoms with Crippen LogP contribution >= 0.6 is 27.3 Å². The Morgan fingerprint density at radius 1 is 1.45 bits per heavy atom. The second kappa shape index (κ2) is 6.37. The fraction of sp³-hybridized carbons (Fsp3) is 0.286. The summed E-state index contributed by atoms with van der Waals surface area (Å²) in [4.78, 5) is 17.9. The molecule has 0 spiro atoms. The summed E-state index contributed by atoms with van der Waals surface area (Å²) in [5, 5.41) is 9.90. The van der Waals surface area contributed by atoms with Crippen LogP contribution in [-0.4, -0.2) is 23.1 Å². The zero-order chi connectivity index (χ0) is 14.7. The molecule has 0 aliphatic carbocycles. The van der Waals surface area contributed by atoms with Gasteiger partial charge in [-0.1, -0.05) is 52.4 Å². The molecule has 2 aromatic rings. The second-order valence-corrected chi connectivity index (χ2v) is 6.21. The smallest absolute Gasteiger partial charge is 0.347 e. The fourth-order valence-corrected chi connectivity index (χ4v) is 3.22. The summed E-state index contributed by atoms with van der Waals surface area (Å²) < 4.78 is 1.04. The first-order chi connectivity index (χ1) is 9.52. The van der Waals surface area contributed by atoms with Crippen LogP contribution in [-0.2, 0) is 13.0 Å². The van der Waals surface area contributed by atoms with Crippen LogP contribution in [0.25, 0.3) is 0 Å². The van der Waals surface area contributed by atoms with E-state index < -0.39 is 5.97 Å². The lowest BCUT2D eigenvalue weighted by Crippen LogP contribution is -2.16. The van der Waals surface area contributed by atoms with Crippen molar-refractivity contribution >= 4 is 38.4 Å². The minimum absolute atomic E-state index is 0.335. The molecule has 1 aromatic heterocycles. The van der Waals surface area contributed by atoms with E-state index in [0.29, 0.717) is 23.5 Å². The number of aromatic carboxylic acids is 1. The molecule has 1 heterocycles. The number of nitrogens with zero attached hydrogens (tertiary/aromatic N) is 2. The Labute approximate surface area is 130 Å². The van der Waals surface area contributed by atoms with Crippen molar-refractivity contribution in [2.24, 2.45) is 0 Å². The molecule has 0 aliphatic rings. The largest absolute Gasteiger partial charge is 0.477 e. The van der Waals surface area contributed by atoms with Gasteiger partial charge in [0.15, 0.2) is 5.13 Å². The maximum Gasteiger partial charge on any atom is 0.347 e. The van der Waals surface area contributed by atoms with E-state index >= 15 is 0 Å². The molecule has 0 radical (unpaired) electrons. The number of carboxylic acids is 1. The van der Waals surface area contributed by atoms with Gasteiger partial charge in [-0.3, -0.25) is 0 Å². The monoisotopic (exact) mass is 354 g/mol. The molecule has 0 amide bonds. The van der Waals surface area contributed by atoms with Gasteiger partial charge in [0.1, 0.15) is 4.88 Å². The Morgan fingerprint density at radius 3 is 2.70 bits per heavy atom. The zero-order valence-corrected chi connectivity index (χ0v) is 13.7. The normalized spacial score (nSPS) is 10.6. The third-order valence-electron chi connectivity index (χ3n) is 2.91. The first kappa shape index (κ1) is 15.0. The number of aryl methyl sites for hydroxylation is 1. The Kier molecular flexibility index (Phi) is 4.77. The number of anilines is 1. The van der Waals surface area contributed by atoms with Crippen LogP contribution in [0.15, 0.2) is 28.7 Å². The number of halogens is 1. The average molecular weight is 355 g/mol. The molecular weight excluding hydrogens is 340 g/mol.